The molecule has 4 rings (SSSR count). The van der Waals surface area contributed by atoms with Crippen LogP contribution in [0.4, 0.5) is 17.3 Å². The minimum atomic E-state index is -3.75. The first kappa shape index (κ1) is 18.1. The molecule has 144 valence electrons. The van der Waals surface area contributed by atoms with Crippen LogP contribution in [0.25, 0.3) is 0 Å². The topological polar surface area (TPSA) is 102 Å². The van der Waals surface area contributed by atoms with Gasteiger partial charge in [-0.3, -0.25) is 4.72 Å². The van der Waals surface area contributed by atoms with Gasteiger partial charge in [-0.25, -0.2) is 8.42 Å². The molecule has 9 heteroatoms. The average Bonchev–Trinajstić information content (AvgIpc) is 3.13. The fourth-order valence-electron chi connectivity index (χ4n) is 2.77. The maximum atomic E-state index is 12.6. The van der Waals surface area contributed by atoms with Crippen LogP contribution in [0.15, 0.2) is 53.4 Å². The molecule has 0 saturated heterocycles. The van der Waals surface area contributed by atoms with Gasteiger partial charge in [-0.1, -0.05) is 12.1 Å². The van der Waals surface area contributed by atoms with Gasteiger partial charge in [0.15, 0.2) is 23.1 Å². The van der Waals surface area contributed by atoms with E-state index in [9.17, 15) is 8.42 Å². The van der Waals surface area contributed by atoms with Gasteiger partial charge < -0.3 is 14.8 Å². The fraction of sp³-hybridized carbons (Fsp3) is 0.158. The van der Waals surface area contributed by atoms with Crippen molar-refractivity contribution in [2.45, 2.75) is 18.7 Å². The second-order valence-electron chi connectivity index (χ2n) is 6.37. The third-order valence-corrected chi connectivity index (χ3v) is 5.68. The van der Waals surface area contributed by atoms with Gasteiger partial charge in [0.25, 0.3) is 10.0 Å². The number of hydrogen-bond donors (Lipinski definition) is 2. The van der Waals surface area contributed by atoms with Crippen LogP contribution in [0.2, 0.25) is 0 Å². The Morgan fingerprint density at radius 1 is 0.893 bits per heavy atom. The van der Waals surface area contributed by atoms with E-state index < -0.39 is 10.0 Å². The molecule has 1 aromatic heterocycles. The van der Waals surface area contributed by atoms with Gasteiger partial charge in [0.1, 0.15) is 0 Å². The highest BCUT2D eigenvalue weighted by molar-refractivity contribution is 7.92. The minimum absolute atomic E-state index is 0.136. The maximum Gasteiger partial charge on any atom is 0.263 e. The van der Waals surface area contributed by atoms with Crippen molar-refractivity contribution in [3.05, 3.63) is 59.7 Å². The molecular weight excluding hydrogens is 380 g/mol. The van der Waals surface area contributed by atoms with Crippen molar-refractivity contribution in [2.24, 2.45) is 0 Å². The molecular formula is C19H18N4O4S. The number of sulfonamides is 1. The summed E-state index contributed by atoms with van der Waals surface area (Å²) in [6, 6.07) is 13.9. The summed E-state index contributed by atoms with van der Waals surface area (Å²) in [5.41, 5.74) is 2.27. The number of nitrogens with one attached hydrogen (secondary N) is 2. The average molecular weight is 398 g/mol. The van der Waals surface area contributed by atoms with Crippen molar-refractivity contribution in [3.63, 3.8) is 0 Å². The van der Waals surface area contributed by atoms with Crippen molar-refractivity contribution in [1.29, 1.82) is 0 Å². The lowest BCUT2D eigenvalue weighted by atomic mass is 10.2. The van der Waals surface area contributed by atoms with E-state index in [0.29, 0.717) is 22.9 Å². The Kier molecular flexibility index (Phi) is 4.52. The Morgan fingerprint density at radius 3 is 2.43 bits per heavy atom. The maximum absolute atomic E-state index is 12.6. The number of anilines is 3. The van der Waals surface area contributed by atoms with E-state index in [-0.39, 0.29) is 17.5 Å². The van der Waals surface area contributed by atoms with E-state index in [0.717, 1.165) is 11.3 Å². The summed E-state index contributed by atoms with van der Waals surface area (Å²) in [7, 11) is -3.75. The van der Waals surface area contributed by atoms with E-state index in [2.05, 4.69) is 20.2 Å². The third-order valence-electron chi connectivity index (χ3n) is 4.18. The Morgan fingerprint density at radius 2 is 1.64 bits per heavy atom. The number of benzene rings is 2. The first-order chi connectivity index (χ1) is 13.4. The monoisotopic (exact) mass is 398 g/mol. The lowest BCUT2D eigenvalue weighted by Crippen LogP contribution is -2.15. The molecule has 2 aromatic carbocycles. The molecule has 0 radical (unpaired) electrons. The quantitative estimate of drug-likeness (QED) is 0.679. The lowest BCUT2D eigenvalue weighted by Gasteiger charge is -2.11. The molecule has 0 aliphatic carbocycles. The van der Waals surface area contributed by atoms with E-state index in [1.807, 2.05) is 19.1 Å². The van der Waals surface area contributed by atoms with Gasteiger partial charge >= 0.3 is 0 Å². The zero-order valence-corrected chi connectivity index (χ0v) is 16.1. The first-order valence-electron chi connectivity index (χ1n) is 8.51. The molecule has 0 atom stereocenters. The van der Waals surface area contributed by atoms with Crippen molar-refractivity contribution < 1.29 is 17.9 Å². The van der Waals surface area contributed by atoms with Crippen LogP contribution in [0.5, 0.6) is 11.5 Å². The summed E-state index contributed by atoms with van der Waals surface area (Å²) in [4.78, 5) is 0.219. The number of aromatic nitrogens is 2. The smallest absolute Gasteiger partial charge is 0.263 e. The Hall–Kier alpha value is -3.33. The largest absolute Gasteiger partial charge is 0.454 e. The van der Waals surface area contributed by atoms with E-state index in [1.54, 1.807) is 43.3 Å². The standard InChI is InChI=1S/C19H18N4O4S/c1-12-3-4-13(2)17(9-12)28(24,25)23-19-8-7-18(21-22-19)20-14-5-6-15-16(10-14)27-11-26-15/h3-10H,11H2,1-2H3,(H,20,21)(H,22,23). The molecule has 3 aromatic rings. The first-order valence-corrected chi connectivity index (χ1v) is 9.99. The van der Waals surface area contributed by atoms with Crippen LogP contribution in [0, 0.1) is 13.8 Å². The van der Waals surface area contributed by atoms with E-state index in [1.165, 1.54) is 0 Å². The van der Waals surface area contributed by atoms with Gasteiger partial charge in [-0.05, 0) is 55.3 Å². The molecule has 1 aliphatic rings. The van der Waals surface area contributed by atoms with Crippen molar-refractivity contribution in [2.75, 3.05) is 16.8 Å². The summed E-state index contributed by atoms with van der Waals surface area (Å²) < 4.78 is 38.4. The third kappa shape index (κ3) is 3.70. The predicted molar refractivity (Wildman–Crippen MR) is 105 cm³/mol. The van der Waals surface area contributed by atoms with Gasteiger partial charge in [0.2, 0.25) is 6.79 Å². The molecule has 0 amide bonds. The summed E-state index contributed by atoms with van der Waals surface area (Å²) >= 11 is 0. The van der Waals surface area contributed by atoms with E-state index in [4.69, 9.17) is 9.47 Å². The van der Waals surface area contributed by atoms with Crippen LogP contribution in [0.1, 0.15) is 11.1 Å². The van der Waals surface area contributed by atoms with Gasteiger partial charge in [0.05, 0.1) is 4.90 Å². The Bertz CT molecular complexity index is 1130. The number of aryl methyl sites for hydroxylation is 2. The van der Waals surface area contributed by atoms with Crippen molar-refractivity contribution >= 4 is 27.3 Å². The SMILES string of the molecule is Cc1ccc(C)c(S(=O)(=O)Nc2ccc(Nc3ccc4c(c3)OCO4)nn2)c1. The van der Waals surface area contributed by atoms with Crippen molar-refractivity contribution in [1.82, 2.24) is 10.2 Å². The second-order valence-corrected chi connectivity index (χ2v) is 8.02. The Balaban J connectivity index is 1.49. The molecule has 0 unspecified atom stereocenters. The van der Waals surface area contributed by atoms with Crippen molar-refractivity contribution in [3.8, 4) is 11.5 Å². The molecule has 2 N–H and O–H groups in total. The molecule has 0 bridgehead atoms. The molecule has 0 fully saturated rings. The van der Waals surface area contributed by atoms with Gasteiger partial charge in [-0.2, -0.15) is 0 Å². The molecule has 8 nitrogen and oxygen atoms in total. The van der Waals surface area contributed by atoms with Crippen LogP contribution in [0.3, 0.4) is 0 Å². The van der Waals surface area contributed by atoms with Crippen LogP contribution >= 0.6 is 0 Å². The highest BCUT2D eigenvalue weighted by Crippen LogP contribution is 2.34. The number of ether oxygens (including phenoxy) is 2. The Labute approximate surface area is 162 Å². The highest BCUT2D eigenvalue weighted by Gasteiger charge is 2.18. The van der Waals surface area contributed by atoms with Crippen LogP contribution in [-0.2, 0) is 10.0 Å². The zero-order valence-electron chi connectivity index (χ0n) is 15.3. The molecule has 0 saturated carbocycles. The molecule has 0 spiro atoms. The summed E-state index contributed by atoms with van der Waals surface area (Å²) in [6.45, 7) is 3.79. The number of hydrogen-bond acceptors (Lipinski definition) is 7. The summed E-state index contributed by atoms with van der Waals surface area (Å²) in [6.07, 6.45) is 0. The van der Waals surface area contributed by atoms with E-state index >= 15 is 0 Å². The summed E-state index contributed by atoms with van der Waals surface area (Å²) in [5.74, 6) is 1.94. The fourth-order valence-corrected chi connectivity index (χ4v) is 4.09. The van der Waals surface area contributed by atoms with Crippen LogP contribution < -0.4 is 19.5 Å². The van der Waals surface area contributed by atoms with Gasteiger partial charge in [-0.15, -0.1) is 10.2 Å². The molecule has 1 aliphatic heterocycles. The van der Waals surface area contributed by atoms with Crippen LogP contribution in [-0.4, -0.2) is 25.4 Å². The van der Waals surface area contributed by atoms with Gasteiger partial charge in [0, 0.05) is 11.8 Å². The molecule has 28 heavy (non-hydrogen) atoms. The predicted octanol–water partition coefficient (Wildman–Crippen LogP) is 3.37. The lowest BCUT2D eigenvalue weighted by molar-refractivity contribution is 0.174. The number of rotatable bonds is 5. The summed E-state index contributed by atoms with van der Waals surface area (Å²) in [5, 5.41) is 11.1. The normalized spacial score (nSPS) is 12.6. The zero-order chi connectivity index (χ0) is 19.7. The second kappa shape index (κ2) is 7.01. The highest BCUT2D eigenvalue weighted by atomic mass is 32.2. The minimum Gasteiger partial charge on any atom is -0.454 e. The molecule has 2 heterocycles. The number of fused-ring (bicyclic) bond motifs is 1. The number of nitrogens with zero attached hydrogens (tertiary/aromatic N) is 2.